The molecule has 0 amide bonds. The molecule has 0 spiro atoms. The van der Waals surface area contributed by atoms with E-state index < -0.39 is 0 Å². The zero-order chi connectivity index (χ0) is 21.4. The standard InChI is InChI=1S/C25H27N5O/c1-16-14-19-20(26)11-7-12-21(19)30(16)25-28-23-18(10-6-13-22(23)31-2)24(29-25)27-15-17-8-4-3-5-9-17/h3-5,7-9,11-12,14,22H,6,10,13,15,26H2,1-2H3,(H,27,28,29). The molecule has 5 rings (SSSR count). The second-order valence-corrected chi connectivity index (χ2v) is 8.09. The molecule has 2 heterocycles. The number of fused-ring (bicyclic) bond motifs is 2. The van der Waals surface area contributed by atoms with Gasteiger partial charge in [-0.25, -0.2) is 4.98 Å². The minimum Gasteiger partial charge on any atom is -0.398 e. The smallest absolute Gasteiger partial charge is 0.236 e. The lowest BCUT2D eigenvalue weighted by Gasteiger charge is -2.26. The Morgan fingerprint density at radius 2 is 1.97 bits per heavy atom. The summed E-state index contributed by atoms with van der Waals surface area (Å²) >= 11 is 0. The van der Waals surface area contributed by atoms with Crippen molar-refractivity contribution in [1.82, 2.24) is 14.5 Å². The fraction of sp³-hybridized carbons (Fsp3) is 0.280. The highest BCUT2D eigenvalue weighted by molar-refractivity contribution is 5.93. The van der Waals surface area contributed by atoms with Gasteiger partial charge in [0.1, 0.15) is 5.82 Å². The number of methoxy groups -OCH3 is 1. The van der Waals surface area contributed by atoms with Crippen LogP contribution in [-0.2, 0) is 17.7 Å². The zero-order valence-corrected chi connectivity index (χ0v) is 17.9. The van der Waals surface area contributed by atoms with E-state index in [2.05, 4.69) is 53.2 Å². The largest absolute Gasteiger partial charge is 0.398 e. The van der Waals surface area contributed by atoms with Crippen molar-refractivity contribution >= 4 is 22.4 Å². The van der Waals surface area contributed by atoms with Crippen molar-refractivity contribution in [1.29, 1.82) is 0 Å². The van der Waals surface area contributed by atoms with Gasteiger partial charge in [-0.3, -0.25) is 4.57 Å². The molecule has 3 N–H and O–H groups in total. The molecule has 1 aliphatic rings. The lowest BCUT2D eigenvalue weighted by molar-refractivity contribution is 0.0842. The highest BCUT2D eigenvalue weighted by Gasteiger charge is 2.27. The summed E-state index contributed by atoms with van der Waals surface area (Å²) < 4.78 is 7.88. The molecule has 0 saturated heterocycles. The number of nitrogens with two attached hydrogens (primary N) is 1. The lowest BCUT2D eigenvalue weighted by atomic mass is 9.93. The van der Waals surface area contributed by atoms with E-state index in [9.17, 15) is 0 Å². The normalized spacial score (nSPS) is 15.7. The van der Waals surface area contributed by atoms with Crippen molar-refractivity contribution in [2.75, 3.05) is 18.2 Å². The highest BCUT2D eigenvalue weighted by Crippen LogP contribution is 2.36. The zero-order valence-electron chi connectivity index (χ0n) is 17.9. The molecule has 2 aromatic heterocycles. The maximum atomic E-state index is 6.23. The van der Waals surface area contributed by atoms with Gasteiger partial charge in [-0.2, -0.15) is 4.98 Å². The first kappa shape index (κ1) is 19.6. The number of nitrogens with zero attached hydrogens (tertiary/aromatic N) is 3. The van der Waals surface area contributed by atoms with Crippen LogP contribution in [0.25, 0.3) is 16.9 Å². The van der Waals surface area contributed by atoms with Crippen LogP contribution in [0.5, 0.6) is 0 Å². The summed E-state index contributed by atoms with van der Waals surface area (Å²) in [6, 6.07) is 18.4. The summed E-state index contributed by atoms with van der Waals surface area (Å²) in [6.45, 7) is 2.77. The first-order valence-electron chi connectivity index (χ1n) is 10.7. The first-order chi connectivity index (χ1) is 15.2. The van der Waals surface area contributed by atoms with Crippen molar-refractivity contribution in [2.45, 2.75) is 38.8 Å². The molecule has 1 unspecified atom stereocenters. The first-order valence-corrected chi connectivity index (χ1v) is 10.7. The Labute approximate surface area is 182 Å². The Morgan fingerprint density at radius 3 is 2.77 bits per heavy atom. The summed E-state index contributed by atoms with van der Waals surface area (Å²) in [6.07, 6.45) is 2.97. The molecule has 2 aromatic carbocycles. The summed E-state index contributed by atoms with van der Waals surface area (Å²) in [7, 11) is 1.76. The van der Waals surface area contributed by atoms with E-state index in [-0.39, 0.29) is 6.10 Å². The van der Waals surface area contributed by atoms with Gasteiger partial charge in [-0.15, -0.1) is 0 Å². The van der Waals surface area contributed by atoms with Crippen LogP contribution < -0.4 is 11.1 Å². The van der Waals surface area contributed by atoms with Crippen LogP contribution in [-0.4, -0.2) is 21.6 Å². The SMILES string of the molecule is COC1CCCc2c(NCc3ccccc3)nc(-n3c(C)cc4c(N)cccc43)nc21. The van der Waals surface area contributed by atoms with Crippen LogP contribution in [0.3, 0.4) is 0 Å². The molecule has 6 heteroatoms. The summed E-state index contributed by atoms with van der Waals surface area (Å²) in [5, 5.41) is 4.59. The van der Waals surface area contributed by atoms with E-state index in [1.165, 1.54) is 5.56 Å². The molecule has 0 bridgehead atoms. The van der Waals surface area contributed by atoms with Crippen LogP contribution in [0.1, 0.15) is 41.5 Å². The second-order valence-electron chi connectivity index (χ2n) is 8.09. The maximum Gasteiger partial charge on any atom is 0.236 e. The minimum atomic E-state index is -0.0185. The number of nitrogen functional groups attached to an aromatic ring is 1. The van der Waals surface area contributed by atoms with Crippen LogP contribution in [0, 0.1) is 6.92 Å². The molecule has 31 heavy (non-hydrogen) atoms. The Hall–Kier alpha value is -3.38. The summed E-state index contributed by atoms with van der Waals surface area (Å²) in [5.74, 6) is 1.53. The number of anilines is 2. The number of hydrogen-bond acceptors (Lipinski definition) is 5. The summed E-state index contributed by atoms with van der Waals surface area (Å²) in [4.78, 5) is 10.0. The molecule has 4 aromatic rings. The predicted molar refractivity (Wildman–Crippen MR) is 124 cm³/mol. The van der Waals surface area contributed by atoms with E-state index in [1.807, 2.05) is 18.2 Å². The number of aryl methyl sites for hydroxylation is 1. The van der Waals surface area contributed by atoms with E-state index in [0.29, 0.717) is 12.5 Å². The second kappa shape index (κ2) is 8.04. The fourth-order valence-electron chi connectivity index (χ4n) is 4.51. The number of aromatic nitrogens is 3. The van der Waals surface area contributed by atoms with Crippen molar-refractivity contribution in [3.63, 3.8) is 0 Å². The van der Waals surface area contributed by atoms with E-state index in [4.69, 9.17) is 20.4 Å². The van der Waals surface area contributed by atoms with Crippen LogP contribution in [0.15, 0.2) is 54.6 Å². The molecule has 6 nitrogen and oxygen atoms in total. The van der Waals surface area contributed by atoms with E-state index >= 15 is 0 Å². The van der Waals surface area contributed by atoms with Gasteiger partial charge in [0.25, 0.3) is 0 Å². The van der Waals surface area contributed by atoms with E-state index in [1.54, 1.807) is 7.11 Å². The molecular formula is C25H27N5O. The number of benzene rings is 2. The highest BCUT2D eigenvalue weighted by atomic mass is 16.5. The topological polar surface area (TPSA) is 78.0 Å². The Kier molecular flexibility index (Phi) is 5.08. The van der Waals surface area contributed by atoms with Crippen LogP contribution >= 0.6 is 0 Å². The monoisotopic (exact) mass is 413 g/mol. The molecule has 1 atom stereocenters. The van der Waals surface area contributed by atoms with Crippen molar-refractivity contribution in [2.24, 2.45) is 0 Å². The molecule has 0 saturated carbocycles. The van der Waals surface area contributed by atoms with Crippen molar-refractivity contribution < 1.29 is 4.74 Å². The Balaban J connectivity index is 1.65. The number of hydrogen-bond donors (Lipinski definition) is 2. The Bertz CT molecular complexity index is 1230. The van der Waals surface area contributed by atoms with Gasteiger partial charge in [-0.1, -0.05) is 36.4 Å². The average Bonchev–Trinajstić information content (AvgIpc) is 3.14. The van der Waals surface area contributed by atoms with Gasteiger partial charge in [0.2, 0.25) is 5.95 Å². The minimum absolute atomic E-state index is 0.0185. The fourth-order valence-corrected chi connectivity index (χ4v) is 4.51. The number of ether oxygens (including phenoxy) is 1. The maximum absolute atomic E-state index is 6.23. The van der Waals surface area contributed by atoms with E-state index in [0.717, 1.165) is 58.6 Å². The van der Waals surface area contributed by atoms with Crippen molar-refractivity contribution in [3.8, 4) is 5.95 Å². The molecule has 0 fully saturated rings. The molecular weight excluding hydrogens is 386 g/mol. The third kappa shape index (κ3) is 3.53. The third-order valence-electron chi connectivity index (χ3n) is 6.08. The number of nitrogens with one attached hydrogen (secondary N) is 1. The lowest BCUT2D eigenvalue weighted by Crippen LogP contribution is -2.20. The Morgan fingerprint density at radius 1 is 1.13 bits per heavy atom. The number of rotatable bonds is 5. The van der Waals surface area contributed by atoms with Gasteiger partial charge < -0.3 is 15.8 Å². The quantitative estimate of drug-likeness (QED) is 0.453. The van der Waals surface area contributed by atoms with Gasteiger partial charge in [0.05, 0.1) is 17.3 Å². The van der Waals surface area contributed by atoms with Gasteiger partial charge >= 0.3 is 0 Å². The third-order valence-corrected chi connectivity index (χ3v) is 6.08. The van der Waals surface area contributed by atoms with Crippen molar-refractivity contribution in [3.05, 3.63) is 77.1 Å². The molecule has 158 valence electrons. The molecule has 0 aliphatic heterocycles. The summed E-state index contributed by atoms with van der Waals surface area (Å²) in [5.41, 5.74) is 12.4. The predicted octanol–water partition coefficient (Wildman–Crippen LogP) is 4.95. The average molecular weight is 414 g/mol. The molecule has 1 aliphatic carbocycles. The molecule has 0 radical (unpaired) electrons. The van der Waals surface area contributed by atoms with Crippen LogP contribution in [0.4, 0.5) is 11.5 Å². The van der Waals surface area contributed by atoms with Crippen LogP contribution in [0.2, 0.25) is 0 Å². The van der Waals surface area contributed by atoms with Gasteiger partial charge in [0, 0.05) is 36.0 Å². The van der Waals surface area contributed by atoms with Gasteiger partial charge in [0.15, 0.2) is 0 Å². The van der Waals surface area contributed by atoms with Gasteiger partial charge in [-0.05, 0) is 49.9 Å².